The lowest BCUT2D eigenvalue weighted by Gasteiger charge is -2.07. The van der Waals surface area contributed by atoms with Crippen LogP contribution in [0.4, 0.5) is 0 Å². The van der Waals surface area contributed by atoms with E-state index in [0.717, 1.165) is 15.1 Å². The van der Waals surface area contributed by atoms with Crippen LogP contribution in [0.2, 0.25) is 5.02 Å². The van der Waals surface area contributed by atoms with Crippen LogP contribution in [-0.2, 0) is 0 Å². The molecule has 0 atom stereocenters. The topological polar surface area (TPSA) is 26.3 Å². The van der Waals surface area contributed by atoms with Crippen molar-refractivity contribution in [2.75, 3.05) is 6.61 Å². The predicted octanol–water partition coefficient (Wildman–Crippen LogP) is 5.21. The first-order valence-corrected chi connectivity index (χ1v) is 7.86. The number of carbonyl (C=O) groups is 1. The van der Waals surface area contributed by atoms with Gasteiger partial charge in [-0.2, -0.15) is 0 Å². The second kappa shape index (κ2) is 7.08. The van der Waals surface area contributed by atoms with Crippen LogP contribution in [0.25, 0.3) is 0 Å². The molecule has 0 bridgehead atoms. The number of hydrogen-bond donors (Lipinski definition) is 0. The van der Waals surface area contributed by atoms with E-state index in [1.165, 1.54) is 11.3 Å². The molecular weight excluding hydrogens is 348 g/mol. The quantitative estimate of drug-likeness (QED) is 0.523. The molecule has 2 nitrogen and oxygen atoms in total. The summed E-state index contributed by atoms with van der Waals surface area (Å²) in [7, 11) is 0. The van der Waals surface area contributed by atoms with Gasteiger partial charge in [0.1, 0.15) is 5.75 Å². The van der Waals surface area contributed by atoms with Crippen molar-refractivity contribution in [3.05, 3.63) is 50.1 Å². The number of Topliss-reactive ketones (excluding diaryl/α,β-unsaturated/α-hetero) is 1. The van der Waals surface area contributed by atoms with E-state index in [0.29, 0.717) is 24.5 Å². The molecule has 1 heterocycles. The Kier molecular flexibility index (Phi) is 5.43. The van der Waals surface area contributed by atoms with Crippen molar-refractivity contribution in [3.63, 3.8) is 0 Å². The standard InChI is InChI=1S/C14H12BrClO2S/c15-11-9-10(16)5-6-13(11)18-7-1-3-12(17)14-4-2-8-19-14/h2,4-6,8-9H,1,3,7H2. The first-order chi connectivity index (χ1) is 9.16. The Balaban J connectivity index is 1.76. The maximum atomic E-state index is 11.8. The SMILES string of the molecule is O=C(CCCOc1ccc(Cl)cc1Br)c1cccs1. The van der Waals surface area contributed by atoms with Gasteiger partial charge in [0.05, 0.1) is 16.0 Å². The molecule has 1 aromatic heterocycles. The molecule has 0 amide bonds. The maximum Gasteiger partial charge on any atom is 0.172 e. The van der Waals surface area contributed by atoms with Crippen LogP contribution in [0, 0.1) is 0 Å². The van der Waals surface area contributed by atoms with Gasteiger partial charge in [0.2, 0.25) is 0 Å². The van der Waals surface area contributed by atoms with E-state index in [2.05, 4.69) is 15.9 Å². The van der Waals surface area contributed by atoms with Crippen molar-refractivity contribution in [3.8, 4) is 5.75 Å². The number of halogens is 2. The molecule has 0 aliphatic rings. The molecule has 5 heteroatoms. The van der Waals surface area contributed by atoms with Crippen LogP contribution in [0.3, 0.4) is 0 Å². The third-order valence-corrected chi connectivity index (χ3v) is 4.26. The molecule has 100 valence electrons. The van der Waals surface area contributed by atoms with E-state index < -0.39 is 0 Å². The van der Waals surface area contributed by atoms with Gasteiger partial charge in [-0.1, -0.05) is 17.7 Å². The fourth-order valence-electron chi connectivity index (χ4n) is 1.57. The van der Waals surface area contributed by atoms with Gasteiger partial charge >= 0.3 is 0 Å². The van der Waals surface area contributed by atoms with Crippen molar-refractivity contribution in [1.82, 2.24) is 0 Å². The van der Waals surface area contributed by atoms with E-state index >= 15 is 0 Å². The van der Waals surface area contributed by atoms with Crippen molar-refractivity contribution in [2.45, 2.75) is 12.8 Å². The third kappa shape index (κ3) is 4.34. The first-order valence-electron chi connectivity index (χ1n) is 5.81. The molecule has 0 spiro atoms. The lowest BCUT2D eigenvalue weighted by Crippen LogP contribution is -2.02. The van der Waals surface area contributed by atoms with E-state index in [9.17, 15) is 4.79 Å². The van der Waals surface area contributed by atoms with Crippen LogP contribution in [0.1, 0.15) is 22.5 Å². The minimum Gasteiger partial charge on any atom is -0.492 e. The number of ether oxygens (including phenoxy) is 1. The second-order valence-corrected chi connectivity index (χ2v) is 6.17. The van der Waals surface area contributed by atoms with Crippen LogP contribution >= 0.6 is 38.9 Å². The lowest BCUT2D eigenvalue weighted by molar-refractivity contribution is 0.0977. The molecule has 0 saturated heterocycles. The summed E-state index contributed by atoms with van der Waals surface area (Å²) in [4.78, 5) is 12.6. The van der Waals surface area contributed by atoms with E-state index in [1.54, 1.807) is 12.1 Å². The van der Waals surface area contributed by atoms with Crippen LogP contribution in [-0.4, -0.2) is 12.4 Å². The average Bonchev–Trinajstić information content (AvgIpc) is 2.90. The molecule has 2 aromatic rings. The largest absolute Gasteiger partial charge is 0.492 e. The molecule has 0 fully saturated rings. The Morgan fingerprint density at radius 2 is 2.21 bits per heavy atom. The second-order valence-electron chi connectivity index (χ2n) is 3.93. The summed E-state index contributed by atoms with van der Waals surface area (Å²) in [6, 6.07) is 9.11. The maximum absolute atomic E-state index is 11.8. The van der Waals surface area contributed by atoms with E-state index in [1.807, 2.05) is 23.6 Å². The Morgan fingerprint density at radius 3 is 2.89 bits per heavy atom. The van der Waals surface area contributed by atoms with Crippen molar-refractivity contribution < 1.29 is 9.53 Å². The normalized spacial score (nSPS) is 10.4. The number of rotatable bonds is 6. The zero-order chi connectivity index (χ0) is 13.7. The van der Waals surface area contributed by atoms with Gasteiger partial charge in [0.25, 0.3) is 0 Å². The van der Waals surface area contributed by atoms with Gasteiger partial charge < -0.3 is 4.74 Å². The molecular formula is C14H12BrClO2S. The highest BCUT2D eigenvalue weighted by Gasteiger charge is 2.07. The fraction of sp³-hybridized carbons (Fsp3) is 0.214. The average molecular weight is 360 g/mol. The van der Waals surface area contributed by atoms with Crippen molar-refractivity contribution >= 4 is 44.7 Å². The molecule has 19 heavy (non-hydrogen) atoms. The molecule has 0 unspecified atom stereocenters. The summed E-state index contributed by atoms with van der Waals surface area (Å²) >= 11 is 10.7. The molecule has 0 radical (unpaired) electrons. The Hall–Kier alpha value is -0.840. The molecule has 2 rings (SSSR count). The Bertz CT molecular complexity index is 555. The minimum atomic E-state index is 0.175. The van der Waals surface area contributed by atoms with Gasteiger partial charge in [0, 0.05) is 11.4 Å². The first kappa shape index (κ1) is 14.6. The minimum absolute atomic E-state index is 0.175. The summed E-state index contributed by atoms with van der Waals surface area (Å²) in [5, 5.41) is 2.57. The summed E-state index contributed by atoms with van der Waals surface area (Å²) in [6.07, 6.45) is 1.21. The summed E-state index contributed by atoms with van der Waals surface area (Å²) in [5.74, 6) is 0.918. The number of carbonyl (C=O) groups excluding carboxylic acids is 1. The van der Waals surface area contributed by atoms with E-state index in [4.69, 9.17) is 16.3 Å². The smallest absolute Gasteiger partial charge is 0.172 e. The van der Waals surface area contributed by atoms with Gasteiger partial charge in [0.15, 0.2) is 5.78 Å². The monoisotopic (exact) mass is 358 g/mol. The summed E-state index contributed by atoms with van der Waals surface area (Å²) in [5.41, 5.74) is 0. The van der Waals surface area contributed by atoms with Crippen molar-refractivity contribution in [2.24, 2.45) is 0 Å². The molecule has 0 saturated carbocycles. The van der Waals surface area contributed by atoms with E-state index in [-0.39, 0.29) is 5.78 Å². The number of ketones is 1. The molecule has 0 N–H and O–H groups in total. The number of hydrogen-bond acceptors (Lipinski definition) is 3. The Labute approximate surface area is 129 Å². The highest BCUT2D eigenvalue weighted by Crippen LogP contribution is 2.28. The molecule has 0 aliphatic carbocycles. The number of benzene rings is 1. The van der Waals surface area contributed by atoms with Gasteiger partial charge in [-0.15, -0.1) is 11.3 Å². The zero-order valence-electron chi connectivity index (χ0n) is 10.1. The van der Waals surface area contributed by atoms with Crippen LogP contribution in [0.5, 0.6) is 5.75 Å². The van der Waals surface area contributed by atoms with Gasteiger partial charge in [-0.05, 0) is 52.0 Å². The summed E-state index contributed by atoms with van der Waals surface area (Å²) < 4.78 is 6.43. The van der Waals surface area contributed by atoms with Crippen LogP contribution in [0.15, 0.2) is 40.2 Å². The molecule has 1 aromatic carbocycles. The van der Waals surface area contributed by atoms with Crippen LogP contribution < -0.4 is 4.74 Å². The zero-order valence-corrected chi connectivity index (χ0v) is 13.2. The lowest BCUT2D eigenvalue weighted by atomic mass is 10.2. The third-order valence-electron chi connectivity index (χ3n) is 2.50. The highest BCUT2D eigenvalue weighted by molar-refractivity contribution is 9.10. The predicted molar refractivity (Wildman–Crippen MR) is 82.5 cm³/mol. The number of thiophene rings is 1. The molecule has 0 aliphatic heterocycles. The fourth-order valence-corrected chi connectivity index (χ4v) is 3.06. The summed E-state index contributed by atoms with van der Waals surface area (Å²) in [6.45, 7) is 0.511. The highest BCUT2D eigenvalue weighted by atomic mass is 79.9. The Morgan fingerprint density at radius 1 is 1.37 bits per heavy atom. The van der Waals surface area contributed by atoms with Crippen molar-refractivity contribution in [1.29, 1.82) is 0 Å². The van der Waals surface area contributed by atoms with Gasteiger partial charge in [-0.25, -0.2) is 0 Å². The van der Waals surface area contributed by atoms with Gasteiger partial charge in [-0.3, -0.25) is 4.79 Å².